The molecule has 2 aromatic carbocycles. The first-order valence-corrected chi connectivity index (χ1v) is 17.4. The number of ether oxygens (including phenoxy) is 2. The standard InChI is InChI=1S/C37H51N5O6/c1-3-5-6-12-21-48-36(46)41-33(38)28-19-17-26(18-20-28)24-40-35(45)37(22-29-15-10-11-16-30(29)23-37)42-34(44)32(27-13-8-7-9-14-27)39-25-31(43)47-4-2/h10-11,15-20,27,32,39H,3-9,12-14,21-25H2,1-2H3,(H,40,45)(H,42,44)(H2,38,41,46)/t32-/m1/s1. The smallest absolute Gasteiger partial charge is 0.412 e. The Morgan fingerprint density at radius 2 is 1.58 bits per heavy atom. The molecule has 0 heterocycles. The van der Waals surface area contributed by atoms with Gasteiger partial charge < -0.3 is 20.1 Å². The second-order valence-electron chi connectivity index (χ2n) is 12.8. The highest BCUT2D eigenvalue weighted by molar-refractivity contribution is 6.04. The molecule has 2 aliphatic carbocycles. The summed E-state index contributed by atoms with van der Waals surface area (Å²) in [4.78, 5) is 52.3. The van der Waals surface area contributed by atoms with Crippen LogP contribution in [0.3, 0.4) is 0 Å². The average Bonchev–Trinajstić information content (AvgIpc) is 3.47. The van der Waals surface area contributed by atoms with Crippen LogP contribution in [-0.4, -0.2) is 61.1 Å². The van der Waals surface area contributed by atoms with Crippen molar-refractivity contribution in [3.8, 4) is 0 Å². The van der Waals surface area contributed by atoms with Crippen LogP contribution in [0, 0.1) is 11.3 Å². The van der Waals surface area contributed by atoms with Gasteiger partial charge in [-0.1, -0.05) is 94.0 Å². The number of hydrogen-bond donors (Lipinski definition) is 5. The number of amides is 3. The van der Waals surface area contributed by atoms with Gasteiger partial charge in [-0.25, -0.2) is 4.79 Å². The van der Waals surface area contributed by atoms with Crippen LogP contribution in [0.4, 0.5) is 4.79 Å². The zero-order valence-electron chi connectivity index (χ0n) is 28.3. The number of rotatable bonds is 16. The lowest BCUT2D eigenvalue weighted by Gasteiger charge is -2.35. The predicted octanol–water partition coefficient (Wildman–Crippen LogP) is 4.69. The highest BCUT2D eigenvalue weighted by atomic mass is 16.5. The van der Waals surface area contributed by atoms with Crippen molar-refractivity contribution in [3.05, 3.63) is 70.8 Å². The summed E-state index contributed by atoms with van der Waals surface area (Å²) >= 11 is 0. The number of nitrogens with one attached hydrogen (secondary N) is 5. The summed E-state index contributed by atoms with van der Waals surface area (Å²) in [5.41, 5.74) is 2.13. The van der Waals surface area contributed by atoms with Crippen LogP contribution in [-0.2, 0) is 43.2 Å². The van der Waals surface area contributed by atoms with E-state index in [0.717, 1.165) is 74.5 Å². The van der Waals surface area contributed by atoms with Crippen molar-refractivity contribution >= 4 is 29.7 Å². The van der Waals surface area contributed by atoms with Gasteiger partial charge in [0.25, 0.3) is 0 Å². The van der Waals surface area contributed by atoms with Crippen LogP contribution in [0.2, 0.25) is 0 Å². The molecule has 3 amide bonds. The molecular weight excluding hydrogens is 610 g/mol. The molecule has 5 N–H and O–H groups in total. The summed E-state index contributed by atoms with van der Waals surface area (Å²) < 4.78 is 10.3. The topological polar surface area (TPSA) is 159 Å². The van der Waals surface area contributed by atoms with Crippen LogP contribution in [0.15, 0.2) is 48.5 Å². The van der Waals surface area contributed by atoms with Gasteiger partial charge in [-0.2, -0.15) is 0 Å². The monoisotopic (exact) mass is 661 g/mol. The van der Waals surface area contributed by atoms with Crippen molar-refractivity contribution in [2.24, 2.45) is 5.92 Å². The Bertz CT molecular complexity index is 1380. The lowest BCUT2D eigenvalue weighted by atomic mass is 9.82. The molecule has 1 fully saturated rings. The molecule has 0 spiro atoms. The quantitative estimate of drug-likeness (QED) is 0.0756. The number of fused-ring (bicyclic) bond motifs is 1. The van der Waals surface area contributed by atoms with E-state index in [1.54, 1.807) is 31.2 Å². The zero-order valence-corrected chi connectivity index (χ0v) is 28.3. The maximum absolute atomic E-state index is 14.0. The Morgan fingerprint density at radius 1 is 0.896 bits per heavy atom. The maximum Gasteiger partial charge on any atom is 0.412 e. The summed E-state index contributed by atoms with van der Waals surface area (Å²) in [6, 6.07) is 14.2. The number of esters is 1. The molecule has 2 aromatic rings. The van der Waals surface area contributed by atoms with E-state index in [9.17, 15) is 19.2 Å². The Morgan fingerprint density at radius 3 is 2.23 bits per heavy atom. The van der Waals surface area contributed by atoms with Crippen molar-refractivity contribution < 1.29 is 28.7 Å². The molecule has 0 aromatic heterocycles. The summed E-state index contributed by atoms with van der Waals surface area (Å²) in [7, 11) is 0. The van der Waals surface area contributed by atoms with Crippen molar-refractivity contribution in [2.75, 3.05) is 19.8 Å². The van der Waals surface area contributed by atoms with E-state index >= 15 is 0 Å². The van der Waals surface area contributed by atoms with Crippen LogP contribution in [0.1, 0.15) is 93.9 Å². The van der Waals surface area contributed by atoms with Gasteiger partial charge in [0, 0.05) is 24.9 Å². The molecule has 0 radical (unpaired) electrons. The van der Waals surface area contributed by atoms with Gasteiger partial charge in [-0.05, 0) is 48.8 Å². The summed E-state index contributed by atoms with van der Waals surface area (Å²) in [5.74, 6) is -1.01. The van der Waals surface area contributed by atoms with E-state index < -0.39 is 23.6 Å². The molecule has 260 valence electrons. The average molecular weight is 662 g/mol. The minimum Gasteiger partial charge on any atom is -0.465 e. The molecule has 0 bridgehead atoms. The number of hydrogen-bond acceptors (Lipinski definition) is 8. The minimum absolute atomic E-state index is 0.0523. The second kappa shape index (κ2) is 18.3. The normalized spacial score (nSPS) is 15.9. The van der Waals surface area contributed by atoms with Gasteiger partial charge >= 0.3 is 12.1 Å². The second-order valence-corrected chi connectivity index (χ2v) is 12.8. The SMILES string of the molecule is CCCCCCOC(=O)NC(=N)c1ccc(CNC(=O)C2(NC(=O)[C@H](NCC(=O)OCC)C3CCCCC3)Cc3ccccc3C2)cc1. The van der Waals surface area contributed by atoms with Crippen LogP contribution in [0.25, 0.3) is 0 Å². The first-order valence-electron chi connectivity index (χ1n) is 17.4. The third kappa shape index (κ3) is 10.4. The molecule has 11 nitrogen and oxygen atoms in total. The molecule has 1 atom stereocenters. The van der Waals surface area contributed by atoms with Gasteiger partial charge in [-0.15, -0.1) is 0 Å². The Balaban J connectivity index is 1.40. The molecule has 2 aliphatic rings. The molecule has 11 heteroatoms. The van der Waals surface area contributed by atoms with E-state index in [0.29, 0.717) is 25.0 Å². The highest BCUT2D eigenvalue weighted by Gasteiger charge is 2.46. The first-order chi connectivity index (χ1) is 23.2. The Labute approximate surface area is 283 Å². The van der Waals surface area contributed by atoms with Crippen LogP contribution < -0.4 is 21.3 Å². The first kappa shape index (κ1) is 36.6. The number of carbonyl (C=O) groups excluding carboxylic acids is 4. The van der Waals surface area contributed by atoms with E-state index in [-0.39, 0.29) is 43.3 Å². The van der Waals surface area contributed by atoms with Crippen molar-refractivity contribution in [1.29, 1.82) is 5.41 Å². The Kier molecular flexibility index (Phi) is 14.0. The number of unbranched alkanes of at least 4 members (excludes halogenated alkanes) is 3. The zero-order chi connectivity index (χ0) is 34.4. The fraction of sp³-hybridized carbons (Fsp3) is 0.541. The summed E-state index contributed by atoms with van der Waals surface area (Å²) in [5, 5.41) is 20.0. The van der Waals surface area contributed by atoms with Crippen molar-refractivity contribution in [3.63, 3.8) is 0 Å². The molecule has 48 heavy (non-hydrogen) atoms. The maximum atomic E-state index is 14.0. The molecule has 0 saturated heterocycles. The van der Waals surface area contributed by atoms with Crippen LogP contribution >= 0.6 is 0 Å². The molecular formula is C37H51N5O6. The van der Waals surface area contributed by atoms with Crippen molar-refractivity contribution in [1.82, 2.24) is 21.3 Å². The number of amidine groups is 1. The molecule has 0 aliphatic heterocycles. The van der Waals surface area contributed by atoms with Gasteiger partial charge in [0.15, 0.2) is 0 Å². The van der Waals surface area contributed by atoms with Gasteiger partial charge in [0.2, 0.25) is 11.8 Å². The van der Waals surface area contributed by atoms with Gasteiger partial charge in [-0.3, -0.25) is 30.4 Å². The van der Waals surface area contributed by atoms with E-state index in [1.807, 2.05) is 24.3 Å². The fourth-order valence-corrected chi connectivity index (χ4v) is 6.63. The number of benzene rings is 2. The van der Waals surface area contributed by atoms with E-state index in [4.69, 9.17) is 14.9 Å². The van der Waals surface area contributed by atoms with E-state index in [2.05, 4.69) is 28.2 Å². The minimum atomic E-state index is -1.19. The predicted molar refractivity (Wildman–Crippen MR) is 183 cm³/mol. The van der Waals surface area contributed by atoms with E-state index in [1.165, 1.54) is 0 Å². The lowest BCUT2D eigenvalue weighted by molar-refractivity contribution is -0.142. The van der Waals surface area contributed by atoms with Crippen molar-refractivity contribution in [2.45, 2.75) is 103 Å². The largest absolute Gasteiger partial charge is 0.465 e. The molecule has 0 unspecified atom stereocenters. The lowest BCUT2D eigenvalue weighted by Crippen LogP contribution is -2.63. The summed E-state index contributed by atoms with van der Waals surface area (Å²) in [6.07, 6.45) is 8.93. The summed E-state index contributed by atoms with van der Waals surface area (Å²) in [6.45, 7) is 4.57. The highest BCUT2D eigenvalue weighted by Crippen LogP contribution is 2.32. The van der Waals surface area contributed by atoms with Gasteiger partial charge in [0.1, 0.15) is 11.4 Å². The number of alkyl carbamates (subject to hydrolysis) is 1. The van der Waals surface area contributed by atoms with Gasteiger partial charge in [0.05, 0.1) is 25.8 Å². The molecule has 4 rings (SSSR count). The third-order valence-electron chi connectivity index (χ3n) is 9.23. The third-order valence-corrected chi connectivity index (χ3v) is 9.23. The van der Waals surface area contributed by atoms with Crippen LogP contribution in [0.5, 0.6) is 0 Å². The fourth-order valence-electron chi connectivity index (χ4n) is 6.63. The Hall–Kier alpha value is -4.25. The number of carbonyl (C=O) groups is 4. The molecule has 1 saturated carbocycles.